The minimum atomic E-state index is -0.607. The van der Waals surface area contributed by atoms with Crippen molar-refractivity contribution in [3.8, 4) is 11.4 Å². The average molecular weight is 481 g/mol. The van der Waals surface area contributed by atoms with E-state index in [0.717, 1.165) is 11.3 Å². The third kappa shape index (κ3) is 7.26. The Kier molecular flexibility index (Phi) is 8.40. The average Bonchev–Trinajstić information content (AvgIpc) is 3.21. The summed E-state index contributed by atoms with van der Waals surface area (Å²) in [5.74, 6) is 0.358. The molecular weight excluding hydrogens is 448 g/mol. The molecule has 3 rings (SSSR count). The molecule has 10 heteroatoms. The van der Waals surface area contributed by atoms with Crippen molar-refractivity contribution in [1.29, 1.82) is 0 Å². The summed E-state index contributed by atoms with van der Waals surface area (Å²) in [6.07, 6.45) is 3.52. The molecule has 0 aliphatic rings. The first-order valence-corrected chi connectivity index (χ1v) is 11.4. The van der Waals surface area contributed by atoms with Gasteiger partial charge in [0.2, 0.25) is 0 Å². The Bertz CT molecular complexity index is 1140. The Labute approximate surface area is 205 Å². The van der Waals surface area contributed by atoms with E-state index in [1.165, 1.54) is 0 Å². The first kappa shape index (κ1) is 25.7. The zero-order valence-electron chi connectivity index (χ0n) is 20.8. The predicted octanol–water partition coefficient (Wildman–Crippen LogP) is 3.54. The van der Waals surface area contributed by atoms with Crippen LogP contribution in [0.5, 0.6) is 5.75 Å². The topological polar surface area (TPSA) is 111 Å². The number of carbonyl (C=O) groups is 2. The van der Waals surface area contributed by atoms with Crippen molar-refractivity contribution < 1.29 is 19.1 Å². The van der Waals surface area contributed by atoms with Gasteiger partial charge in [0, 0.05) is 31.5 Å². The zero-order chi connectivity index (χ0) is 25.4. The molecule has 0 atom stereocenters. The monoisotopic (exact) mass is 480 g/mol. The van der Waals surface area contributed by atoms with Crippen LogP contribution in [0.15, 0.2) is 48.8 Å². The van der Waals surface area contributed by atoms with E-state index in [0.29, 0.717) is 37.5 Å². The second-order valence-corrected chi connectivity index (χ2v) is 9.01. The summed E-state index contributed by atoms with van der Waals surface area (Å²) in [6, 6.07) is 11.1. The minimum Gasteiger partial charge on any atom is -0.497 e. The fourth-order valence-electron chi connectivity index (χ4n) is 3.36. The normalized spacial score (nSPS) is 11.1. The molecule has 0 bridgehead atoms. The lowest BCUT2D eigenvalue weighted by Crippen LogP contribution is -2.38. The molecule has 0 spiro atoms. The molecule has 0 fully saturated rings. The molecule has 0 radical (unpaired) electrons. The van der Waals surface area contributed by atoms with Crippen molar-refractivity contribution in [2.24, 2.45) is 0 Å². The van der Waals surface area contributed by atoms with Gasteiger partial charge in [-0.3, -0.25) is 9.78 Å². The third-order valence-electron chi connectivity index (χ3n) is 5.05. The minimum absolute atomic E-state index is 0.243. The van der Waals surface area contributed by atoms with Crippen molar-refractivity contribution in [1.82, 2.24) is 30.2 Å². The first-order chi connectivity index (χ1) is 16.7. The van der Waals surface area contributed by atoms with E-state index in [1.807, 2.05) is 57.2 Å². The van der Waals surface area contributed by atoms with Crippen molar-refractivity contribution in [3.05, 3.63) is 65.7 Å². The van der Waals surface area contributed by atoms with Gasteiger partial charge in [-0.1, -0.05) is 17.3 Å². The van der Waals surface area contributed by atoms with Crippen LogP contribution in [0.1, 0.15) is 48.9 Å². The van der Waals surface area contributed by atoms with Crippen LogP contribution in [0.2, 0.25) is 0 Å². The number of pyridine rings is 1. The molecule has 35 heavy (non-hydrogen) atoms. The Hall–Kier alpha value is -3.95. The van der Waals surface area contributed by atoms with Crippen molar-refractivity contribution in [2.75, 3.05) is 20.2 Å². The highest BCUT2D eigenvalue weighted by Crippen LogP contribution is 2.18. The summed E-state index contributed by atoms with van der Waals surface area (Å²) in [6.45, 7) is 8.39. The fourth-order valence-corrected chi connectivity index (χ4v) is 3.36. The van der Waals surface area contributed by atoms with E-state index < -0.39 is 11.7 Å². The maximum atomic E-state index is 12.7. The molecule has 0 aliphatic carbocycles. The number of aromatic nitrogens is 4. The lowest BCUT2D eigenvalue weighted by atomic mass is 10.2. The number of carbonyl (C=O) groups excluding carboxylic acids is 2. The second-order valence-electron chi connectivity index (χ2n) is 9.01. The number of methoxy groups -OCH3 is 1. The van der Waals surface area contributed by atoms with Gasteiger partial charge < -0.3 is 19.7 Å². The van der Waals surface area contributed by atoms with Crippen LogP contribution < -0.4 is 10.1 Å². The lowest BCUT2D eigenvalue weighted by molar-refractivity contribution is 0.0232. The van der Waals surface area contributed by atoms with Crippen molar-refractivity contribution in [3.63, 3.8) is 0 Å². The van der Waals surface area contributed by atoms with Crippen LogP contribution >= 0.6 is 0 Å². The Morgan fingerprint density at radius 1 is 1.17 bits per heavy atom. The standard InChI is InChI=1S/C25H32N6O4/c1-18-22(28-29-31(18)20-10-6-11-21(15-20)34-5)23(32)27-13-8-14-30(24(33)35-25(2,3)4)17-19-9-7-12-26-16-19/h6-7,9-12,15-16H,8,13-14,17H2,1-5H3,(H,27,32). The van der Waals surface area contributed by atoms with Gasteiger partial charge in [0.15, 0.2) is 5.69 Å². The van der Waals surface area contributed by atoms with Crippen molar-refractivity contribution >= 4 is 12.0 Å². The fraction of sp³-hybridized carbons (Fsp3) is 0.400. The molecule has 2 amide bonds. The number of ether oxygens (including phenoxy) is 2. The third-order valence-corrected chi connectivity index (χ3v) is 5.05. The maximum Gasteiger partial charge on any atom is 0.410 e. The predicted molar refractivity (Wildman–Crippen MR) is 130 cm³/mol. The van der Waals surface area contributed by atoms with Crippen LogP contribution in [0, 0.1) is 6.92 Å². The Morgan fingerprint density at radius 2 is 1.97 bits per heavy atom. The number of amides is 2. The highest BCUT2D eigenvalue weighted by molar-refractivity contribution is 5.93. The van der Waals surface area contributed by atoms with Crippen LogP contribution in [0.4, 0.5) is 4.79 Å². The van der Waals surface area contributed by atoms with Gasteiger partial charge in [-0.25, -0.2) is 9.48 Å². The van der Waals surface area contributed by atoms with Crippen LogP contribution in [0.25, 0.3) is 5.69 Å². The largest absolute Gasteiger partial charge is 0.497 e. The van der Waals surface area contributed by atoms with Crippen molar-refractivity contribution in [2.45, 2.75) is 46.3 Å². The van der Waals surface area contributed by atoms with E-state index in [2.05, 4.69) is 20.6 Å². The summed E-state index contributed by atoms with van der Waals surface area (Å²) in [7, 11) is 1.59. The number of nitrogens with zero attached hydrogens (tertiary/aromatic N) is 5. The molecule has 0 unspecified atom stereocenters. The highest BCUT2D eigenvalue weighted by Gasteiger charge is 2.23. The van der Waals surface area contributed by atoms with Crippen LogP contribution in [0.3, 0.4) is 0 Å². The van der Waals surface area contributed by atoms with E-state index in [9.17, 15) is 9.59 Å². The lowest BCUT2D eigenvalue weighted by Gasteiger charge is -2.27. The van der Waals surface area contributed by atoms with Crippen LogP contribution in [-0.4, -0.2) is 62.7 Å². The summed E-state index contributed by atoms with van der Waals surface area (Å²) in [5.41, 5.74) is 1.89. The SMILES string of the molecule is COc1cccc(-n2nnc(C(=O)NCCCN(Cc3cccnc3)C(=O)OC(C)(C)C)c2C)c1. The van der Waals surface area contributed by atoms with Gasteiger partial charge in [0.1, 0.15) is 11.4 Å². The van der Waals surface area contributed by atoms with Gasteiger partial charge in [-0.2, -0.15) is 0 Å². The Balaban J connectivity index is 1.59. The number of benzene rings is 1. The summed E-state index contributed by atoms with van der Waals surface area (Å²) in [5, 5.41) is 11.0. The number of nitrogens with one attached hydrogen (secondary N) is 1. The smallest absolute Gasteiger partial charge is 0.410 e. The van der Waals surface area contributed by atoms with Gasteiger partial charge >= 0.3 is 6.09 Å². The number of hydrogen-bond acceptors (Lipinski definition) is 7. The molecule has 0 saturated carbocycles. The highest BCUT2D eigenvalue weighted by atomic mass is 16.6. The summed E-state index contributed by atoms with van der Waals surface area (Å²) >= 11 is 0. The van der Waals surface area contributed by atoms with Gasteiger partial charge in [0.05, 0.1) is 25.0 Å². The molecule has 2 aromatic heterocycles. The quantitative estimate of drug-likeness (QED) is 0.466. The van der Waals surface area contributed by atoms with E-state index >= 15 is 0 Å². The molecule has 186 valence electrons. The molecule has 10 nitrogen and oxygen atoms in total. The second kappa shape index (κ2) is 11.5. The molecule has 2 heterocycles. The van der Waals surface area contributed by atoms with Gasteiger partial charge in [-0.05, 0) is 57.9 Å². The molecule has 0 aliphatic heterocycles. The zero-order valence-corrected chi connectivity index (χ0v) is 20.8. The molecule has 3 aromatic rings. The molecular formula is C25H32N6O4. The number of rotatable bonds is 9. The van der Waals surface area contributed by atoms with E-state index in [4.69, 9.17) is 9.47 Å². The first-order valence-electron chi connectivity index (χ1n) is 11.4. The maximum absolute atomic E-state index is 12.7. The van der Waals surface area contributed by atoms with E-state index in [1.54, 1.807) is 36.0 Å². The summed E-state index contributed by atoms with van der Waals surface area (Å²) < 4.78 is 12.4. The van der Waals surface area contributed by atoms with E-state index in [-0.39, 0.29) is 11.6 Å². The molecule has 1 N–H and O–H groups in total. The molecule has 0 saturated heterocycles. The number of hydrogen-bond donors (Lipinski definition) is 1. The van der Waals surface area contributed by atoms with Crippen LogP contribution in [-0.2, 0) is 11.3 Å². The van der Waals surface area contributed by atoms with Gasteiger partial charge in [-0.15, -0.1) is 5.10 Å². The summed E-state index contributed by atoms with van der Waals surface area (Å²) in [4.78, 5) is 31.2. The molecule has 1 aromatic carbocycles. The Morgan fingerprint density at radius 3 is 2.66 bits per heavy atom. The van der Waals surface area contributed by atoms with Gasteiger partial charge in [0.25, 0.3) is 5.91 Å².